The average molecular weight is 376 g/mol. The minimum atomic E-state index is -1.03. The molecule has 0 amide bonds. The van der Waals surface area contributed by atoms with Crippen molar-refractivity contribution in [2.24, 2.45) is 5.73 Å². The maximum Gasteiger partial charge on any atom is 0.320 e. The van der Waals surface area contributed by atoms with E-state index in [-0.39, 0.29) is 18.8 Å². The van der Waals surface area contributed by atoms with E-state index in [0.29, 0.717) is 29.9 Å². The minimum Gasteiger partial charge on any atom is -0.480 e. The molecule has 1 rings (SSSR count). The minimum absolute atomic E-state index is 0. The maximum atomic E-state index is 10.7. The van der Waals surface area contributed by atoms with Gasteiger partial charge in [-0.2, -0.15) is 0 Å². The highest BCUT2D eigenvalue weighted by molar-refractivity contribution is 6.33. The lowest BCUT2D eigenvalue weighted by Gasteiger charge is -2.24. The molecule has 0 radical (unpaired) electrons. The zero-order chi connectivity index (χ0) is 15.1. The Morgan fingerprint density at radius 1 is 1.29 bits per heavy atom. The SMILES string of the molecule is Cl.N[C@@H](Cc1ccc(N(CCCl)CCCl)c(Cl)c1)C(=O)O. The van der Waals surface area contributed by atoms with E-state index in [2.05, 4.69) is 0 Å². The molecule has 3 N–H and O–H groups in total. The number of hydrogen-bond donors (Lipinski definition) is 2. The summed E-state index contributed by atoms with van der Waals surface area (Å²) in [5.41, 5.74) is 7.12. The third kappa shape index (κ3) is 6.49. The molecule has 21 heavy (non-hydrogen) atoms. The Kier molecular flexibility index (Phi) is 10.2. The molecule has 0 spiro atoms. The van der Waals surface area contributed by atoms with Gasteiger partial charge < -0.3 is 15.7 Å². The van der Waals surface area contributed by atoms with Crippen molar-refractivity contribution in [3.8, 4) is 0 Å². The Hall–Kier alpha value is -0.390. The van der Waals surface area contributed by atoms with Gasteiger partial charge in [0.25, 0.3) is 0 Å². The van der Waals surface area contributed by atoms with Crippen LogP contribution in [0.3, 0.4) is 0 Å². The summed E-state index contributed by atoms with van der Waals surface area (Å²) in [5, 5.41) is 9.34. The molecule has 0 aliphatic carbocycles. The molecule has 1 atom stereocenters. The number of halogens is 4. The molecular formula is C13H18Cl4N2O2. The molecule has 0 aromatic heterocycles. The van der Waals surface area contributed by atoms with Gasteiger partial charge >= 0.3 is 5.97 Å². The smallest absolute Gasteiger partial charge is 0.320 e. The highest BCUT2D eigenvalue weighted by Gasteiger charge is 2.14. The molecule has 8 heteroatoms. The predicted octanol–water partition coefficient (Wildman–Crippen LogP) is 3.00. The molecule has 0 saturated heterocycles. The van der Waals surface area contributed by atoms with Gasteiger partial charge in [-0.05, 0) is 24.1 Å². The van der Waals surface area contributed by atoms with Crippen LogP contribution in [0.2, 0.25) is 5.02 Å². The number of hydrogen-bond acceptors (Lipinski definition) is 3. The monoisotopic (exact) mass is 374 g/mol. The van der Waals surface area contributed by atoms with Crippen molar-refractivity contribution < 1.29 is 9.90 Å². The summed E-state index contributed by atoms with van der Waals surface area (Å²) in [7, 11) is 0. The number of rotatable bonds is 8. The lowest BCUT2D eigenvalue weighted by Crippen LogP contribution is -2.32. The van der Waals surface area contributed by atoms with Crippen molar-refractivity contribution in [3.05, 3.63) is 28.8 Å². The normalized spacial score (nSPS) is 11.6. The molecule has 0 unspecified atom stereocenters. The largest absolute Gasteiger partial charge is 0.480 e. The number of anilines is 1. The summed E-state index contributed by atoms with van der Waals surface area (Å²) in [6, 6.07) is 4.46. The van der Waals surface area contributed by atoms with Gasteiger partial charge in [-0.3, -0.25) is 4.79 Å². The third-order valence-corrected chi connectivity index (χ3v) is 3.48. The van der Waals surface area contributed by atoms with Crippen LogP contribution in [0.5, 0.6) is 0 Å². The fraction of sp³-hybridized carbons (Fsp3) is 0.462. The molecule has 0 bridgehead atoms. The summed E-state index contributed by atoms with van der Waals surface area (Å²) in [4.78, 5) is 12.7. The Labute approximate surface area is 145 Å². The summed E-state index contributed by atoms with van der Waals surface area (Å²) in [5.74, 6) is -0.0892. The second-order valence-corrected chi connectivity index (χ2v) is 5.46. The third-order valence-electron chi connectivity index (χ3n) is 2.83. The predicted molar refractivity (Wildman–Crippen MR) is 91.7 cm³/mol. The number of aliphatic carboxylic acids is 1. The van der Waals surface area contributed by atoms with Gasteiger partial charge in [0, 0.05) is 24.8 Å². The standard InChI is InChI=1S/C13H17Cl3N2O2.ClH/c14-3-5-18(6-4-15)12-2-1-9(7-10(12)16)8-11(17)13(19)20;/h1-2,7,11H,3-6,8,17H2,(H,19,20);1H/t11-;/m0./s1. The van der Waals surface area contributed by atoms with Crippen LogP contribution < -0.4 is 10.6 Å². The van der Waals surface area contributed by atoms with E-state index < -0.39 is 12.0 Å². The fourth-order valence-electron chi connectivity index (χ4n) is 1.83. The molecular weight excluding hydrogens is 358 g/mol. The highest BCUT2D eigenvalue weighted by Crippen LogP contribution is 2.27. The molecule has 1 aromatic rings. The van der Waals surface area contributed by atoms with E-state index in [1.165, 1.54) is 0 Å². The second kappa shape index (κ2) is 10.4. The molecule has 4 nitrogen and oxygen atoms in total. The Bertz CT molecular complexity index is 454. The highest BCUT2D eigenvalue weighted by atomic mass is 35.5. The molecule has 0 heterocycles. The van der Waals surface area contributed by atoms with Gasteiger partial charge in [-0.1, -0.05) is 17.7 Å². The molecule has 0 fully saturated rings. The van der Waals surface area contributed by atoms with Crippen LogP contribution in [-0.4, -0.2) is 42.0 Å². The van der Waals surface area contributed by atoms with Crippen molar-refractivity contribution in [2.45, 2.75) is 12.5 Å². The zero-order valence-corrected chi connectivity index (χ0v) is 14.4. The molecule has 0 aliphatic heterocycles. The van der Waals surface area contributed by atoms with E-state index in [1.54, 1.807) is 6.07 Å². The Morgan fingerprint density at radius 3 is 2.29 bits per heavy atom. The number of benzene rings is 1. The van der Waals surface area contributed by atoms with Gasteiger partial charge in [-0.25, -0.2) is 0 Å². The quantitative estimate of drug-likeness (QED) is 0.685. The number of carboxylic acid groups (broad SMARTS) is 1. The zero-order valence-electron chi connectivity index (χ0n) is 11.3. The van der Waals surface area contributed by atoms with Gasteiger partial charge in [-0.15, -0.1) is 35.6 Å². The first-order valence-corrected chi connectivity index (χ1v) is 7.58. The van der Waals surface area contributed by atoms with Gasteiger partial charge in [0.1, 0.15) is 6.04 Å². The number of nitrogens with two attached hydrogens (primary N) is 1. The van der Waals surface area contributed by atoms with Gasteiger partial charge in [0.15, 0.2) is 0 Å². The maximum absolute atomic E-state index is 10.7. The summed E-state index contributed by atoms with van der Waals surface area (Å²) >= 11 is 17.8. The van der Waals surface area contributed by atoms with Crippen LogP contribution in [0.1, 0.15) is 5.56 Å². The lowest BCUT2D eigenvalue weighted by molar-refractivity contribution is -0.138. The Balaban J connectivity index is 0.00000400. The fourth-order valence-corrected chi connectivity index (χ4v) is 2.56. The van der Waals surface area contributed by atoms with E-state index in [1.807, 2.05) is 17.0 Å². The summed E-state index contributed by atoms with van der Waals surface area (Å²) < 4.78 is 0. The van der Waals surface area contributed by atoms with Crippen LogP contribution in [0.4, 0.5) is 5.69 Å². The second-order valence-electron chi connectivity index (χ2n) is 4.30. The van der Waals surface area contributed by atoms with Crippen LogP contribution in [0.25, 0.3) is 0 Å². The van der Waals surface area contributed by atoms with Crippen molar-refractivity contribution in [1.29, 1.82) is 0 Å². The summed E-state index contributed by atoms with van der Waals surface area (Å²) in [6.45, 7) is 1.28. The van der Waals surface area contributed by atoms with E-state index >= 15 is 0 Å². The van der Waals surface area contributed by atoms with Crippen molar-refractivity contribution >= 4 is 58.9 Å². The van der Waals surface area contributed by atoms with E-state index in [9.17, 15) is 4.79 Å². The summed E-state index contributed by atoms with van der Waals surface area (Å²) in [6.07, 6.45) is 0.236. The first kappa shape index (κ1) is 20.6. The van der Waals surface area contributed by atoms with Crippen LogP contribution >= 0.6 is 47.2 Å². The van der Waals surface area contributed by atoms with E-state index in [4.69, 9.17) is 45.6 Å². The number of alkyl halides is 2. The number of carbonyl (C=O) groups is 1. The van der Waals surface area contributed by atoms with Crippen LogP contribution in [0.15, 0.2) is 18.2 Å². The van der Waals surface area contributed by atoms with Gasteiger partial charge in [0.2, 0.25) is 0 Å². The van der Waals surface area contributed by atoms with Crippen molar-refractivity contribution in [3.63, 3.8) is 0 Å². The van der Waals surface area contributed by atoms with Crippen molar-refractivity contribution in [2.75, 3.05) is 29.7 Å². The Morgan fingerprint density at radius 2 is 1.86 bits per heavy atom. The average Bonchev–Trinajstić information content (AvgIpc) is 2.38. The van der Waals surface area contributed by atoms with Crippen LogP contribution in [-0.2, 0) is 11.2 Å². The number of carboxylic acids is 1. The van der Waals surface area contributed by atoms with Gasteiger partial charge in [0.05, 0.1) is 10.7 Å². The first-order valence-electron chi connectivity index (χ1n) is 6.13. The topological polar surface area (TPSA) is 66.6 Å². The number of nitrogens with zero attached hydrogens (tertiary/aromatic N) is 1. The van der Waals surface area contributed by atoms with Crippen molar-refractivity contribution in [1.82, 2.24) is 0 Å². The lowest BCUT2D eigenvalue weighted by atomic mass is 10.1. The van der Waals surface area contributed by atoms with E-state index in [0.717, 1.165) is 11.3 Å². The molecule has 0 aliphatic rings. The molecule has 120 valence electrons. The first-order chi connectivity index (χ1) is 9.49. The van der Waals surface area contributed by atoms with Crippen LogP contribution in [0, 0.1) is 0 Å². The molecule has 0 saturated carbocycles. The molecule has 1 aromatic carbocycles.